The Balaban J connectivity index is 2.43. The van der Waals surface area contributed by atoms with Gasteiger partial charge in [-0.2, -0.15) is 5.26 Å². The number of benzene rings is 1. The van der Waals surface area contributed by atoms with Gasteiger partial charge in [-0.05, 0) is 24.3 Å². The third-order valence-electron chi connectivity index (χ3n) is 2.25. The molecule has 1 unspecified atom stereocenters. The number of fused-ring (bicyclic) bond motifs is 1. The van der Waals surface area contributed by atoms with Crippen molar-refractivity contribution in [2.75, 3.05) is 0 Å². The maximum absolute atomic E-state index is 9.63. The third kappa shape index (κ3) is 2.04. The first-order valence-electron chi connectivity index (χ1n) is 4.54. The smallest absolute Gasteiger partial charge is 0.107 e. The number of aromatic amines is 1. The number of aliphatic hydroxyl groups is 1. The van der Waals surface area contributed by atoms with E-state index in [4.69, 9.17) is 5.26 Å². The summed E-state index contributed by atoms with van der Waals surface area (Å²) >= 11 is 3.38. The Labute approximate surface area is 95.5 Å². The minimum Gasteiger partial charge on any atom is -0.386 e. The summed E-state index contributed by atoms with van der Waals surface area (Å²) in [5.41, 5.74) is 1.65. The molecule has 0 radical (unpaired) electrons. The molecular weight excluding hydrogens is 256 g/mol. The number of nitrogens with one attached hydrogen (secondary N) is 1. The first-order valence-corrected chi connectivity index (χ1v) is 5.33. The molecule has 0 saturated heterocycles. The fourth-order valence-electron chi connectivity index (χ4n) is 1.50. The van der Waals surface area contributed by atoms with Crippen LogP contribution in [0.15, 0.2) is 28.7 Å². The lowest BCUT2D eigenvalue weighted by molar-refractivity contribution is 0.179. The normalized spacial score (nSPS) is 12.6. The third-order valence-corrected chi connectivity index (χ3v) is 2.74. The lowest BCUT2D eigenvalue weighted by Crippen LogP contribution is -1.95. The summed E-state index contributed by atoms with van der Waals surface area (Å²) in [5.74, 6) is 0. The Bertz CT molecular complexity index is 527. The topological polar surface area (TPSA) is 59.8 Å². The molecular formula is C11H9BrN2O. The van der Waals surface area contributed by atoms with Crippen LogP contribution < -0.4 is 0 Å². The van der Waals surface area contributed by atoms with Crippen LogP contribution in [-0.2, 0) is 0 Å². The van der Waals surface area contributed by atoms with Crippen molar-refractivity contribution < 1.29 is 5.11 Å². The Morgan fingerprint density at radius 1 is 1.47 bits per heavy atom. The number of hydrogen-bond acceptors (Lipinski definition) is 2. The summed E-state index contributed by atoms with van der Waals surface area (Å²) in [6, 6.07) is 9.63. The first-order chi connectivity index (χ1) is 7.20. The number of halogens is 1. The van der Waals surface area contributed by atoms with Gasteiger partial charge < -0.3 is 10.1 Å². The highest BCUT2D eigenvalue weighted by atomic mass is 79.9. The molecule has 0 aliphatic rings. The van der Waals surface area contributed by atoms with Gasteiger partial charge in [0.25, 0.3) is 0 Å². The van der Waals surface area contributed by atoms with Gasteiger partial charge in [0.2, 0.25) is 0 Å². The van der Waals surface area contributed by atoms with Gasteiger partial charge in [0.15, 0.2) is 0 Å². The second-order valence-electron chi connectivity index (χ2n) is 3.33. The number of rotatable bonds is 2. The predicted octanol–water partition coefficient (Wildman–Crippen LogP) is 2.88. The molecule has 0 saturated carbocycles. The molecule has 0 spiro atoms. The second kappa shape index (κ2) is 4.05. The standard InChI is InChI=1S/C11H9BrN2O/c12-8-1-2-9-7(5-8)6-10(14-9)11(15)3-4-13/h1-2,5-6,11,14-15H,3H2. The monoisotopic (exact) mass is 264 g/mol. The Morgan fingerprint density at radius 3 is 3.00 bits per heavy atom. The van der Waals surface area contributed by atoms with E-state index in [0.717, 1.165) is 15.4 Å². The fraction of sp³-hybridized carbons (Fsp3) is 0.182. The highest BCUT2D eigenvalue weighted by molar-refractivity contribution is 9.10. The van der Waals surface area contributed by atoms with E-state index in [-0.39, 0.29) is 6.42 Å². The van der Waals surface area contributed by atoms with E-state index in [1.165, 1.54) is 0 Å². The molecule has 15 heavy (non-hydrogen) atoms. The highest BCUT2D eigenvalue weighted by Crippen LogP contribution is 2.24. The molecule has 76 valence electrons. The molecule has 1 aromatic heterocycles. The van der Waals surface area contributed by atoms with Crippen LogP contribution in [0.4, 0.5) is 0 Å². The number of H-pyrrole nitrogens is 1. The molecule has 0 bridgehead atoms. The largest absolute Gasteiger partial charge is 0.386 e. The molecule has 1 heterocycles. The number of hydrogen-bond donors (Lipinski definition) is 2. The van der Waals surface area contributed by atoms with Crippen LogP contribution in [0.25, 0.3) is 10.9 Å². The van der Waals surface area contributed by atoms with E-state index in [0.29, 0.717) is 5.69 Å². The van der Waals surface area contributed by atoms with E-state index in [1.54, 1.807) is 0 Å². The number of nitriles is 1. The van der Waals surface area contributed by atoms with E-state index < -0.39 is 6.10 Å². The summed E-state index contributed by atoms with van der Waals surface area (Å²) in [6.45, 7) is 0. The average molecular weight is 265 g/mol. The lowest BCUT2D eigenvalue weighted by atomic mass is 10.2. The number of aliphatic hydroxyl groups excluding tert-OH is 1. The first kappa shape index (κ1) is 10.2. The Hall–Kier alpha value is -1.31. The molecule has 1 aromatic carbocycles. The summed E-state index contributed by atoms with van der Waals surface area (Å²) in [5, 5.41) is 19.1. The van der Waals surface area contributed by atoms with Crippen LogP contribution in [0.5, 0.6) is 0 Å². The Kier molecular flexibility index (Phi) is 2.76. The van der Waals surface area contributed by atoms with Gasteiger partial charge >= 0.3 is 0 Å². The number of nitrogens with zero attached hydrogens (tertiary/aromatic N) is 1. The molecule has 2 N–H and O–H groups in total. The van der Waals surface area contributed by atoms with Gasteiger partial charge in [0, 0.05) is 21.1 Å². The van der Waals surface area contributed by atoms with E-state index >= 15 is 0 Å². The van der Waals surface area contributed by atoms with Crippen molar-refractivity contribution in [3.8, 4) is 6.07 Å². The number of aromatic nitrogens is 1. The van der Waals surface area contributed by atoms with Crippen molar-refractivity contribution in [1.82, 2.24) is 4.98 Å². The zero-order valence-electron chi connectivity index (χ0n) is 7.87. The molecule has 0 aliphatic heterocycles. The van der Waals surface area contributed by atoms with E-state index in [2.05, 4.69) is 20.9 Å². The lowest BCUT2D eigenvalue weighted by Gasteiger charge is -2.01. The van der Waals surface area contributed by atoms with Crippen molar-refractivity contribution in [3.63, 3.8) is 0 Å². The molecule has 0 fully saturated rings. The summed E-state index contributed by atoms with van der Waals surface area (Å²) < 4.78 is 0.996. The summed E-state index contributed by atoms with van der Waals surface area (Å²) in [7, 11) is 0. The van der Waals surface area contributed by atoms with Crippen LogP contribution in [0.2, 0.25) is 0 Å². The molecule has 2 aromatic rings. The quantitative estimate of drug-likeness (QED) is 0.877. The maximum atomic E-state index is 9.63. The minimum atomic E-state index is -0.735. The molecule has 0 aliphatic carbocycles. The van der Waals surface area contributed by atoms with E-state index in [1.807, 2.05) is 30.3 Å². The molecule has 4 heteroatoms. The zero-order chi connectivity index (χ0) is 10.8. The minimum absolute atomic E-state index is 0.105. The SMILES string of the molecule is N#CCC(O)c1cc2cc(Br)ccc2[nH]1. The van der Waals surface area contributed by atoms with Gasteiger partial charge in [-0.1, -0.05) is 15.9 Å². The van der Waals surface area contributed by atoms with Crippen LogP contribution in [-0.4, -0.2) is 10.1 Å². The highest BCUT2D eigenvalue weighted by Gasteiger charge is 2.09. The Morgan fingerprint density at radius 2 is 2.27 bits per heavy atom. The predicted molar refractivity (Wildman–Crippen MR) is 61.2 cm³/mol. The van der Waals surface area contributed by atoms with Gasteiger partial charge in [-0.25, -0.2) is 0 Å². The van der Waals surface area contributed by atoms with Gasteiger partial charge in [0.1, 0.15) is 6.10 Å². The van der Waals surface area contributed by atoms with Crippen molar-refractivity contribution in [2.45, 2.75) is 12.5 Å². The van der Waals surface area contributed by atoms with Gasteiger partial charge in [-0.15, -0.1) is 0 Å². The van der Waals surface area contributed by atoms with Gasteiger partial charge in [-0.3, -0.25) is 0 Å². The second-order valence-corrected chi connectivity index (χ2v) is 4.25. The van der Waals surface area contributed by atoms with Crippen LogP contribution in [0, 0.1) is 11.3 Å². The summed E-state index contributed by atoms with van der Waals surface area (Å²) in [6.07, 6.45) is -0.630. The van der Waals surface area contributed by atoms with Crippen LogP contribution in [0.3, 0.4) is 0 Å². The molecule has 1 atom stereocenters. The van der Waals surface area contributed by atoms with Gasteiger partial charge in [0.05, 0.1) is 12.5 Å². The van der Waals surface area contributed by atoms with E-state index in [9.17, 15) is 5.11 Å². The van der Waals surface area contributed by atoms with Crippen molar-refractivity contribution in [1.29, 1.82) is 5.26 Å². The molecule has 3 nitrogen and oxygen atoms in total. The zero-order valence-corrected chi connectivity index (χ0v) is 9.45. The maximum Gasteiger partial charge on any atom is 0.107 e. The average Bonchev–Trinajstić information content (AvgIpc) is 2.60. The van der Waals surface area contributed by atoms with Crippen LogP contribution >= 0.6 is 15.9 Å². The molecule has 0 amide bonds. The van der Waals surface area contributed by atoms with Crippen molar-refractivity contribution >= 4 is 26.8 Å². The summed E-state index contributed by atoms with van der Waals surface area (Å²) in [4.78, 5) is 3.09. The van der Waals surface area contributed by atoms with Crippen molar-refractivity contribution in [2.24, 2.45) is 0 Å². The van der Waals surface area contributed by atoms with Crippen LogP contribution in [0.1, 0.15) is 18.2 Å². The van der Waals surface area contributed by atoms with Crippen molar-refractivity contribution in [3.05, 3.63) is 34.4 Å². The fourth-order valence-corrected chi connectivity index (χ4v) is 1.88. The molecule has 2 rings (SSSR count).